The molecule has 0 radical (unpaired) electrons. The van der Waals surface area contributed by atoms with Crippen molar-refractivity contribution in [2.75, 3.05) is 7.05 Å². The Kier molecular flexibility index (Phi) is 3.60. The summed E-state index contributed by atoms with van der Waals surface area (Å²) in [7, 11) is 1.60. The Balaban J connectivity index is 1.81. The molecule has 0 aliphatic carbocycles. The number of aromatic nitrogens is 1. The van der Waals surface area contributed by atoms with Crippen LogP contribution in [0, 0.1) is 11.6 Å². The van der Waals surface area contributed by atoms with Gasteiger partial charge in [0, 0.05) is 24.6 Å². The molecule has 6 heteroatoms. The number of carbonyl (C=O) groups is 1. The van der Waals surface area contributed by atoms with Crippen molar-refractivity contribution in [1.82, 2.24) is 10.1 Å². The minimum atomic E-state index is -0.498. The van der Waals surface area contributed by atoms with Crippen LogP contribution in [0.2, 0.25) is 0 Å². The van der Waals surface area contributed by atoms with E-state index in [4.69, 9.17) is 4.52 Å². The minimum Gasteiger partial charge on any atom is -0.360 e. The first-order valence-electron chi connectivity index (χ1n) is 7.83. The van der Waals surface area contributed by atoms with Gasteiger partial charge in [-0.1, -0.05) is 35.5 Å². The summed E-state index contributed by atoms with van der Waals surface area (Å²) in [5.74, 6) is -0.890. The first-order valence-corrected chi connectivity index (χ1v) is 7.83. The van der Waals surface area contributed by atoms with Gasteiger partial charge in [-0.15, -0.1) is 0 Å². The van der Waals surface area contributed by atoms with Gasteiger partial charge < -0.3 is 9.42 Å². The van der Waals surface area contributed by atoms with Crippen LogP contribution >= 0.6 is 0 Å². The Morgan fingerprint density at radius 2 is 1.76 bits per heavy atom. The van der Waals surface area contributed by atoms with E-state index in [0.717, 1.165) is 0 Å². The van der Waals surface area contributed by atoms with Gasteiger partial charge in [0.2, 0.25) is 0 Å². The summed E-state index contributed by atoms with van der Waals surface area (Å²) < 4.78 is 33.5. The molecule has 0 N–H and O–H groups in total. The lowest BCUT2D eigenvalue weighted by atomic mass is 9.92. The molecule has 126 valence electrons. The lowest BCUT2D eigenvalue weighted by molar-refractivity contribution is 0.0691. The standard InChI is InChI=1S/C19H14F2N2O2/c1-23-15(11-6-2-4-8-13(11)20)10-16-17(19(23)24)18(22-25-16)12-7-3-5-9-14(12)21/h2-9,15H,10H2,1H3. The second-order valence-corrected chi connectivity index (χ2v) is 5.97. The molecule has 2 heterocycles. The number of amides is 1. The topological polar surface area (TPSA) is 46.3 Å². The molecule has 1 unspecified atom stereocenters. The molecule has 1 atom stereocenters. The third-order valence-electron chi connectivity index (χ3n) is 4.54. The molecule has 3 aromatic rings. The van der Waals surface area contributed by atoms with Gasteiger partial charge in [-0.3, -0.25) is 4.79 Å². The van der Waals surface area contributed by atoms with Crippen molar-refractivity contribution in [3.63, 3.8) is 0 Å². The number of rotatable bonds is 2. The molecule has 0 bridgehead atoms. The van der Waals surface area contributed by atoms with Crippen molar-refractivity contribution in [3.05, 3.63) is 77.1 Å². The Morgan fingerprint density at radius 3 is 2.48 bits per heavy atom. The highest BCUT2D eigenvalue weighted by atomic mass is 19.1. The summed E-state index contributed by atoms with van der Waals surface area (Å²) in [4.78, 5) is 14.3. The van der Waals surface area contributed by atoms with Crippen LogP contribution in [0.15, 0.2) is 53.1 Å². The predicted molar refractivity (Wildman–Crippen MR) is 86.8 cm³/mol. The second kappa shape index (κ2) is 5.81. The molecule has 1 aliphatic heterocycles. The summed E-state index contributed by atoms with van der Waals surface area (Å²) in [5, 5.41) is 3.91. The zero-order valence-corrected chi connectivity index (χ0v) is 13.4. The van der Waals surface area contributed by atoms with Crippen LogP contribution in [-0.4, -0.2) is 23.0 Å². The van der Waals surface area contributed by atoms with E-state index in [0.29, 0.717) is 11.3 Å². The molecule has 0 saturated heterocycles. The van der Waals surface area contributed by atoms with Crippen molar-refractivity contribution in [2.45, 2.75) is 12.5 Å². The number of hydrogen-bond acceptors (Lipinski definition) is 3. The summed E-state index contributed by atoms with van der Waals surface area (Å²) in [5.41, 5.74) is 1.03. The number of nitrogens with zero attached hydrogens (tertiary/aromatic N) is 2. The van der Waals surface area contributed by atoms with Crippen LogP contribution in [0.4, 0.5) is 8.78 Å². The molecule has 1 aromatic heterocycles. The smallest absolute Gasteiger partial charge is 0.260 e. The van der Waals surface area contributed by atoms with E-state index in [9.17, 15) is 13.6 Å². The molecule has 4 nitrogen and oxygen atoms in total. The van der Waals surface area contributed by atoms with Gasteiger partial charge in [-0.25, -0.2) is 8.78 Å². The van der Waals surface area contributed by atoms with E-state index in [1.54, 1.807) is 43.4 Å². The summed E-state index contributed by atoms with van der Waals surface area (Å²) >= 11 is 0. The molecule has 25 heavy (non-hydrogen) atoms. The van der Waals surface area contributed by atoms with Crippen molar-refractivity contribution >= 4 is 5.91 Å². The highest BCUT2D eigenvalue weighted by Gasteiger charge is 2.38. The van der Waals surface area contributed by atoms with Crippen LogP contribution in [-0.2, 0) is 6.42 Å². The highest BCUT2D eigenvalue weighted by molar-refractivity contribution is 6.01. The van der Waals surface area contributed by atoms with Gasteiger partial charge in [0.25, 0.3) is 5.91 Å². The molecule has 0 saturated carbocycles. The van der Waals surface area contributed by atoms with E-state index in [1.165, 1.54) is 17.0 Å². The van der Waals surface area contributed by atoms with Crippen LogP contribution in [0.25, 0.3) is 11.3 Å². The number of likely N-dealkylation sites (N-methyl/N-ethyl adjacent to an activating group) is 1. The fourth-order valence-electron chi connectivity index (χ4n) is 3.22. The number of benzene rings is 2. The van der Waals surface area contributed by atoms with Crippen LogP contribution in [0.3, 0.4) is 0 Å². The average Bonchev–Trinajstić information content (AvgIpc) is 3.03. The van der Waals surface area contributed by atoms with E-state index in [1.807, 2.05) is 0 Å². The third kappa shape index (κ3) is 2.41. The molecule has 1 aliphatic rings. The van der Waals surface area contributed by atoms with Crippen molar-refractivity contribution in [3.8, 4) is 11.3 Å². The van der Waals surface area contributed by atoms with Crippen molar-refractivity contribution in [2.24, 2.45) is 0 Å². The van der Waals surface area contributed by atoms with Gasteiger partial charge in [0.15, 0.2) is 5.76 Å². The highest BCUT2D eigenvalue weighted by Crippen LogP contribution is 2.38. The monoisotopic (exact) mass is 340 g/mol. The molecule has 0 spiro atoms. The maximum atomic E-state index is 14.1. The molecule has 4 rings (SSSR count). The van der Waals surface area contributed by atoms with Gasteiger partial charge >= 0.3 is 0 Å². The van der Waals surface area contributed by atoms with Crippen LogP contribution in [0.5, 0.6) is 0 Å². The predicted octanol–water partition coefficient (Wildman–Crippen LogP) is 3.99. The number of hydrogen-bond donors (Lipinski definition) is 0. The van der Waals surface area contributed by atoms with Gasteiger partial charge in [-0.2, -0.15) is 0 Å². The molecule has 2 aromatic carbocycles. The maximum absolute atomic E-state index is 14.1. The lowest BCUT2D eigenvalue weighted by Gasteiger charge is -2.32. The van der Waals surface area contributed by atoms with E-state index in [2.05, 4.69) is 5.16 Å². The summed E-state index contributed by atoms with van der Waals surface area (Å²) in [6, 6.07) is 11.9. The quantitative estimate of drug-likeness (QED) is 0.709. The lowest BCUT2D eigenvalue weighted by Crippen LogP contribution is -2.37. The molecule has 0 fully saturated rings. The number of carbonyl (C=O) groups excluding carboxylic acids is 1. The van der Waals surface area contributed by atoms with Crippen molar-refractivity contribution in [1.29, 1.82) is 0 Å². The molecule has 1 amide bonds. The van der Waals surface area contributed by atoms with Gasteiger partial charge in [0.1, 0.15) is 22.9 Å². The van der Waals surface area contributed by atoms with Crippen LogP contribution in [0.1, 0.15) is 27.7 Å². The first-order chi connectivity index (χ1) is 12.1. The Labute approximate surface area is 142 Å². The average molecular weight is 340 g/mol. The van der Waals surface area contributed by atoms with E-state index in [-0.39, 0.29) is 35.0 Å². The van der Waals surface area contributed by atoms with E-state index < -0.39 is 11.9 Å². The summed E-state index contributed by atoms with van der Waals surface area (Å²) in [6.07, 6.45) is 0.278. The van der Waals surface area contributed by atoms with Gasteiger partial charge in [0.05, 0.1) is 6.04 Å². The van der Waals surface area contributed by atoms with Gasteiger partial charge in [-0.05, 0) is 18.2 Å². The fourth-order valence-corrected chi connectivity index (χ4v) is 3.22. The largest absolute Gasteiger partial charge is 0.360 e. The maximum Gasteiger partial charge on any atom is 0.260 e. The first kappa shape index (κ1) is 15.5. The van der Waals surface area contributed by atoms with Crippen LogP contribution < -0.4 is 0 Å². The molecular formula is C19H14F2N2O2. The zero-order valence-electron chi connectivity index (χ0n) is 13.4. The Bertz CT molecular complexity index is 968. The SMILES string of the molecule is CN1C(=O)c2c(-c3ccccc3F)noc2CC1c1ccccc1F. The Morgan fingerprint density at radius 1 is 1.08 bits per heavy atom. The number of fused-ring (bicyclic) bond motifs is 1. The Hall–Kier alpha value is -3.02. The third-order valence-corrected chi connectivity index (χ3v) is 4.54. The van der Waals surface area contributed by atoms with E-state index >= 15 is 0 Å². The van der Waals surface area contributed by atoms with Crippen molar-refractivity contribution < 1.29 is 18.1 Å². The minimum absolute atomic E-state index is 0.178. The summed E-state index contributed by atoms with van der Waals surface area (Å²) in [6.45, 7) is 0. The fraction of sp³-hybridized carbons (Fsp3) is 0.158. The number of halogens is 2. The second-order valence-electron chi connectivity index (χ2n) is 5.97. The zero-order chi connectivity index (χ0) is 17.6. The normalized spacial score (nSPS) is 16.8. The molecular weight excluding hydrogens is 326 g/mol.